The van der Waals surface area contributed by atoms with Crippen LogP contribution in [0.15, 0.2) is 48.7 Å². The Morgan fingerprint density at radius 3 is 2.48 bits per heavy atom. The molecule has 2 rings (SSSR count). The van der Waals surface area contributed by atoms with Gasteiger partial charge in [0.15, 0.2) is 6.29 Å². The number of hydrazine groups is 1. The molecule has 0 saturated carbocycles. The van der Waals surface area contributed by atoms with Crippen LogP contribution >= 0.6 is 0 Å². The summed E-state index contributed by atoms with van der Waals surface area (Å²) in [6, 6.07) is 11.1. The number of aldehydes is 1. The maximum atomic E-state index is 11.8. The minimum absolute atomic E-state index is 0.000248. The Hall–Kier alpha value is -3.22. The molecule has 0 bridgehead atoms. The third-order valence-electron chi connectivity index (χ3n) is 2.52. The molecule has 1 aromatic heterocycles. The summed E-state index contributed by atoms with van der Waals surface area (Å²) >= 11 is 0. The third-order valence-corrected chi connectivity index (χ3v) is 2.52. The number of aromatic nitrogens is 1. The average Bonchev–Trinajstić information content (AvgIpc) is 2.53. The topological polar surface area (TPSA) is 100 Å². The van der Waals surface area contributed by atoms with E-state index < -0.39 is 11.9 Å². The van der Waals surface area contributed by atoms with Crippen LogP contribution < -0.4 is 16.2 Å². The van der Waals surface area contributed by atoms with Gasteiger partial charge < -0.3 is 5.32 Å². The summed E-state index contributed by atoms with van der Waals surface area (Å²) in [5, 5.41) is 2.53. The Labute approximate surface area is 120 Å². The number of hydrogen-bond acceptors (Lipinski definition) is 4. The summed E-state index contributed by atoms with van der Waals surface area (Å²) in [6.07, 6.45) is 1.87. The molecule has 0 aliphatic rings. The van der Waals surface area contributed by atoms with E-state index in [1.54, 1.807) is 24.3 Å². The summed E-state index contributed by atoms with van der Waals surface area (Å²) in [6.45, 7) is 0. The van der Waals surface area contributed by atoms with Gasteiger partial charge in [-0.2, -0.15) is 0 Å². The van der Waals surface area contributed by atoms with Crippen molar-refractivity contribution in [2.75, 3.05) is 5.32 Å². The molecule has 0 saturated heterocycles. The highest BCUT2D eigenvalue weighted by Crippen LogP contribution is 2.04. The van der Waals surface area contributed by atoms with E-state index >= 15 is 0 Å². The van der Waals surface area contributed by atoms with E-state index in [1.165, 1.54) is 18.3 Å². The molecule has 2 aromatic rings. The van der Waals surface area contributed by atoms with Crippen molar-refractivity contribution in [3.8, 4) is 0 Å². The molecule has 0 radical (unpaired) electrons. The minimum atomic E-state index is -0.631. The van der Waals surface area contributed by atoms with Crippen LogP contribution in [0, 0.1) is 0 Å². The van der Waals surface area contributed by atoms with Crippen LogP contribution in [-0.4, -0.2) is 23.2 Å². The molecule has 0 unspecified atom stereocenters. The quantitative estimate of drug-likeness (QED) is 0.585. The lowest BCUT2D eigenvalue weighted by atomic mass is 10.2. The van der Waals surface area contributed by atoms with E-state index in [-0.39, 0.29) is 11.3 Å². The van der Waals surface area contributed by atoms with Crippen LogP contribution in [0.3, 0.4) is 0 Å². The number of para-hydroxylation sites is 1. The van der Waals surface area contributed by atoms with Gasteiger partial charge in [0.1, 0.15) is 5.69 Å². The Kier molecular flexibility index (Phi) is 4.60. The number of anilines is 1. The van der Waals surface area contributed by atoms with Crippen LogP contribution in [-0.2, 0) is 0 Å². The molecule has 0 fully saturated rings. The molecule has 106 valence electrons. The van der Waals surface area contributed by atoms with Gasteiger partial charge in [-0.25, -0.2) is 10.2 Å². The second-order valence-electron chi connectivity index (χ2n) is 3.95. The summed E-state index contributed by atoms with van der Waals surface area (Å²) in [4.78, 5) is 37.9. The fraction of sp³-hybridized carbons (Fsp3) is 0. The molecular formula is C14H12N4O3. The van der Waals surface area contributed by atoms with Crippen LogP contribution in [0.4, 0.5) is 10.5 Å². The van der Waals surface area contributed by atoms with Gasteiger partial charge >= 0.3 is 6.03 Å². The van der Waals surface area contributed by atoms with Crippen LogP contribution in [0.25, 0.3) is 0 Å². The van der Waals surface area contributed by atoms with Gasteiger partial charge in [0.25, 0.3) is 5.91 Å². The second-order valence-corrected chi connectivity index (χ2v) is 3.95. The fourth-order valence-corrected chi connectivity index (χ4v) is 1.57. The van der Waals surface area contributed by atoms with E-state index in [4.69, 9.17) is 0 Å². The van der Waals surface area contributed by atoms with Gasteiger partial charge in [-0.3, -0.25) is 20.0 Å². The number of hydrogen-bond donors (Lipinski definition) is 3. The van der Waals surface area contributed by atoms with E-state index in [0.29, 0.717) is 12.0 Å². The third kappa shape index (κ3) is 3.87. The summed E-state index contributed by atoms with van der Waals surface area (Å²) in [5.74, 6) is -0.631. The first kappa shape index (κ1) is 14.2. The monoisotopic (exact) mass is 284 g/mol. The van der Waals surface area contributed by atoms with Crippen molar-refractivity contribution in [2.24, 2.45) is 0 Å². The number of pyridine rings is 1. The highest BCUT2D eigenvalue weighted by Gasteiger charge is 2.12. The van der Waals surface area contributed by atoms with Gasteiger partial charge in [-0.05, 0) is 24.3 Å². The Morgan fingerprint density at radius 1 is 1.00 bits per heavy atom. The zero-order valence-corrected chi connectivity index (χ0v) is 10.9. The van der Waals surface area contributed by atoms with Crippen molar-refractivity contribution in [3.63, 3.8) is 0 Å². The predicted molar refractivity (Wildman–Crippen MR) is 75.7 cm³/mol. The van der Waals surface area contributed by atoms with Crippen molar-refractivity contribution in [3.05, 3.63) is 59.9 Å². The number of nitrogens with one attached hydrogen (secondary N) is 3. The molecule has 1 aromatic carbocycles. The fourth-order valence-electron chi connectivity index (χ4n) is 1.57. The van der Waals surface area contributed by atoms with Crippen molar-refractivity contribution in [1.29, 1.82) is 0 Å². The molecule has 0 aliphatic carbocycles. The molecule has 0 spiro atoms. The van der Waals surface area contributed by atoms with Crippen molar-refractivity contribution in [2.45, 2.75) is 0 Å². The van der Waals surface area contributed by atoms with E-state index in [2.05, 4.69) is 21.2 Å². The van der Waals surface area contributed by atoms with Crippen molar-refractivity contribution in [1.82, 2.24) is 15.8 Å². The Bertz CT molecular complexity index is 658. The lowest BCUT2D eigenvalue weighted by Crippen LogP contribution is -2.44. The smallest absolute Gasteiger partial charge is 0.307 e. The van der Waals surface area contributed by atoms with Crippen molar-refractivity contribution < 1.29 is 14.4 Å². The lowest BCUT2D eigenvalue weighted by molar-refractivity contribution is 0.0932. The summed E-state index contributed by atoms with van der Waals surface area (Å²) < 4.78 is 0. The van der Waals surface area contributed by atoms with E-state index in [9.17, 15) is 14.4 Å². The normalized spacial score (nSPS) is 9.52. The van der Waals surface area contributed by atoms with Gasteiger partial charge in [-0.1, -0.05) is 18.2 Å². The number of carbonyl (C=O) groups is 3. The molecule has 21 heavy (non-hydrogen) atoms. The summed E-state index contributed by atoms with van der Waals surface area (Å²) in [7, 11) is 0. The highest BCUT2D eigenvalue weighted by atomic mass is 16.2. The van der Waals surface area contributed by atoms with Crippen LogP contribution in [0.1, 0.15) is 20.8 Å². The molecule has 0 atom stereocenters. The summed E-state index contributed by atoms with van der Waals surface area (Å²) in [5.41, 5.74) is 5.04. The first-order valence-corrected chi connectivity index (χ1v) is 6.03. The van der Waals surface area contributed by atoms with Gasteiger partial charge in [0.05, 0.1) is 5.56 Å². The van der Waals surface area contributed by atoms with Gasteiger partial charge in [0.2, 0.25) is 0 Å². The Balaban J connectivity index is 1.92. The molecule has 7 nitrogen and oxygen atoms in total. The van der Waals surface area contributed by atoms with Crippen molar-refractivity contribution >= 4 is 23.9 Å². The molecule has 3 amide bonds. The molecule has 3 N–H and O–H groups in total. The maximum absolute atomic E-state index is 11.8. The maximum Gasteiger partial charge on any atom is 0.337 e. The standard InChI is InChI=1S/C14H12N4O3/c19-9-12-11(7-4-8-15-12)13(20)17-18-14(21)16-10-5-2-1-3-6-10/h1-9H,(H,17,20)(H2,16,18,21). The first-order chi connectivity index (χ1) is 10.2. The number of amides is 3. The SMILES string of the molecule is O=Cc1ncccc1C(=O)NNC(=O)Nc1ccccc1. The second kappa shape index (κ2) is 6.80. The molecular weight excluding hydrogens is 272 g/mol. The predicted octanol–water partition coefficient (Wildman–Crippen LogP) is 1.36. The molecule has 1 heterocycles. The van der Waals surface area contributed by atoms with E-state index in [1.807, 2.05) is 6.07 Å². The van der Waals surface area contributed by atoms with Crippen LogP contribution in [0.5, 0.6) is 0 Å². The zero-order chi connectivity index (χ0) is 15.1. The first-order valence-electron chi connectivity index (χ1n) is 6.03. The number of rotatable bonds is 3. The number of benzene rings is 1. The number of urea groups is 1. The molecule has 7 heteroatoms. The average molecular weight is 284 g/mol. The minimum Gasteiger partial charge on any atom is -0.307 e. The van der Waals surface area contributed by atoms with E-state index in [0.717, 1.165) is 0 Å². The number of nitrogens with zero attached hydrogens (tertiary/aromatic N) is 1. The highest BCUT2D eigenvalue weighted by molar-refractivity contribution is 6.01. The van der Waals surface area contributed by atoms with Gasteiger partial charge in [0, 0.05) is 11.9 Å². The Morgan fingerprint density at radius 2 is 1.76 bits per heavy atom. The van der Waals surface area contributed by atoms with Crippen LogP contribution in [0.2, 0.25) is 0 Å². The molecule has 0 aliphatic heterocycles. The zero-order valence-electron chi connectivity index (χ0n) is 10.9. The number of carbonyl (C=O) groups excluding carboxylic acids is 3. The lowest BCUT2D eigenvalue weighted by Gasteiger charge is -2.09. The largest absolute Gasteiger partial charge is 0.337 e. The van der Waals surface area contributed by atoms with Gasteiger partial charge in [-0.15, -0.1) is 0 Å².